The molecule has 0 aliphatic heterocycles. The molecule has 0 amide bonds. The molecule has 0 spiro atoms. The third-order valence-corrected chi connectivity index (χ3v) is 2.42. The molecule has 0 aromatic carbocycles. The van der Waals surface area contributed by atoms with Crippen LogP contribution in [-0.2, 0) is 0 Å². The van der Waals surface area contributed by atoms with Crippen LogP contribution in [0.3, 0.4) is 0 Å². The van der Waals surface area contributed by atoms with Gasteiger partial charge in [-0.1, -0.05) is 6.42 Å². The zero-order chi connectivity index (χ0) is 11.0. The van der Waals surface area contributed by atoms with E-state index in [2.05, 4.69) is 0 Å². The fourth-order valence-electron chi connectivity index (χ4n) is 1.45. The van der Waals surface area contributed by atoms with Crippen LogP contribution in [0.25, 0.3) is 0 Å². The van der Waals surface area contributed by atoms with Crippen molar-refractivity contribution in [3.63, 3.8) is 0 Å². The lowest BCUT2D eigenvalue weighted by Crippen LogP contribution is -2.32. The maximum atomic E-state index is 8.98. The number of hydrogen-bond donors (Lipinski definition) is 5. The topological polar surface area (TPSA) is 101 Å². The first-order valence-electron chi connectivity index (χ1n) is 4.86. The Balaban J connectivity index is 3.95. The van der Waals surface area contributed by atoms with E-state index < -0.39 is 12.2 Å². The van der Waals surface area contributed by atoms with Gasteiger partial charge in [-0.15, -0.1) is 0 Å². The molecule has 0 saturated carbocycles. The second-order valence-corrected chi connectivity index (χ2v) is 3.42. The van der Waals surface area contributed by atoms with Crippen LogP contribution in [0.15, 0.2) is 0 Å². The molecule has 0 aliphatic rings. The molecule has 0 rings (SSSR count). The second-order valence-electron chi connectivity index (χ2n) is 3.42. The van der Waals surface area contributed by atoms with Crippen LogP contribution in [0, 0.1) is 11.8 Å². The van der Waals surface area contributed by atoms with Gasteiger partial charge in [-0.2, -0.15) is 0 Å². The van der Waals surface area contributed by atoms with E-state index in [0.29, 0.717) is 19.3 Å². The standard InChI is InChI=1S/C9H20O5/c10-4-2-1-3-7(5-11)8(6-12)9(13)14/h7-14H,1-6H2. The van der Waals surface area contributed by atoms with E-state index in [1.807, 2.05) is 0 Å². The number of unbranched alkanes of at least 4 members (excludes halogenated alkanes) is 1. The van der Waals surface area contributed by atoms with Crippen LogP contribution in [0.5, 0.6) is 0 Å². The van der Waals surface area contributed by atoms with Gasteiger partial charge in [0.2, 0.25) is 0 Å². The molecule has 0 radical (unpaired) electrons. The van der Waals surface area contributed by atoms with E-state index in [-0.39, 0.29) is 25.7 Å². The van der Waals surface area contributed by atoms with E-state index in [1.165, 1.54) is 0 Å². The summed E-state index contributed by atoms with van der Waals surface area (Å²) in [6.07, 6.45) is 0.285. The Morgan fingerprint density at radius 3 is 1.86 bits per heavy atom. The van der Waals surface area contributed by atoms with Gasteiger partial charge >= 0.3 is 0 Å². The first-order valence-corrected chi connectivity index (χ1v) is 4.86. The summed E-state index contributed by atoms with van der Waals surface area (Å²) in [7, 11) is 0. The minimum atomic E-state index is -1.61. The van der Waals surface area contributed by atoms with Crippen LogP contribution in [0.4, 0.5) is 0 Å². The van der Waals surface area contributed by atoms with Crippen molar-refractivity contribution in [1.29, 1.82) is 0 Å². The van der Waals surface area contributed by atoms with Crippen molar-refractivity contribution in [2.75, 3.05) is 19.8 Å². The maximum absolute atomic E-state index is 8.98. The van der Waals surface area contributed by atoms with Gasteiger partial charge in [-0.25, -0.2) is 0 Å². The van der Waals surface area contributed by atoms with Crippen molar-refractivity contribution in [3.05, 3.63) is 0 Å². The maximum Gasteiger partial charge on any atom is 0.156 e. The molecule has 14 heavy (non-hydrogen) atoms. The average molecular weight is 208 g/mol. The van der Waals surface area contributed by atoms with Crippen molar-refractivity contribution in [2.45, 2.75) is 25.6 Å². The highest BCUT2D eigenvalue weighted by molar-refractivity contribution is 4.70. The fraction of sp³-hybridized carbons (Fsp3) is 1.00. The Labute approximate surface area is 83.6 Å². The van der Waals surface area contributed by atoms with Gasteiger partial charge in [0.15, 0.2) is 6.29 Å². The molecule has 0 saturated heterocycles. The average Bonchev–Trinajstić information content (AvgIpc) is 2.16. The van der Waals surface area contributed by atoms with Gasteiger partial charge < -0.3 is 25.5 Å². The molecule has 0 fully saturated rings. The number of rotatable bonds is 8. The predicted molar refractivity (Wildman–Crippen MR) is 50.3 cm³/mol. The highest BCUT2D eigenvalue weighted by Crippen LogP contribution is 2.20. The predicted octanol–water partition coefficient (Wildman–Crippen LogP) is -1.32. The summed E-state index contributed by atoms with van der Waals surface area (Å²) in [5, 5.41) is 44.2. The molecule has 0 aliphatic carbocycles. The molecule has 2 unspecified atom stereocenters. The Bertz CT molecular complexity index is 128. The smallest absolute Gasteiger partial charge is 0.156 e. The summed E-state index contributed by atoms with van der Waals surface area (Å²) in [4.78, 5) is 0. The lowest BCUT2D eigenvalue weighted by atomic mass is 9.88. The van der Waals surface area contributed by atoms with Gasteiger partial charge in [0.05, 0.1) is 6.61 Å². The molecule has 0 aromatic rings. The van der Waals surface area contributed by atoms with E-state index in [1.54, 1.807) is 0 Å². The Morgan fingerprint density at radius 2 is 1.50 bits per heavy atom. The molecule has 5 N–H and O–H groups in total. The molecule has 86 valence electrons. The highest BCUT2D eigenvalue weighted by Gasteiger charge is 2.25. The summed E-state index contributed by atoms with van der Waals surface area (Å²) in [5.41, 5.74) is 0. The van der Waals surface area contributed by atoms with Crippen LogP contribution in [0.2, 0.25) is 0 Å². The Hall–Kier alpha value is -0.200. The first kappa shape index (κ1) is 13.8. The summed E-state index contributed by atoms with van der Waals surface area (Å²) in [6, 6.07) is 0. The summed E-state index contributed by atoms with van der Waals surface area (Å²) >= 11 is 0. The zero-order valence-electron chi connectivity index (χ0n) is 8.21. The highest BCUT2D eigenvalue weighted by atomic mass is 16.5. The van der Waals surface area contributed by atoms with Crippen LogP contribution < -0.4 is 0 Å². The summed E-state index contributed by atoms with van der Waals surface area (Å²) < 4.78 is 0. The van der Waals surface area contributed by atoms with E-state index in [4.69, 9.17) is 25.5 Å². The number of hydrogen-bond acceptors (Lipinski definition) is 5. The fourth-order valence-corrected chi connectivity index (χ4v) is 1.45. The second kappa shape index (κ2) is 8.14. The molecular formula is C9H20O5. The van der Waals surface area contributed by atoms with Crippen LogP contribution in [-0.4, -0.2) is 51.6 Å². The summed E-state index contributed by atoms with van der Waals surface area (Å²) in [6.45, 7) is -0.458. The number of aliphatic hydroxyl groups excluding tert-OH is 4. The third kappa shape index (κ3) is 4.88. The van der Waals surface area contributed by atoms with Gasteiger partial charge in [0.25, 0.3) is 0 Å². The quantitative estimate of drug-likeness (QED) is 0.251. The lowest BCUT2D eigenvalue weighted by Gasteiger charge is -2.25. The molecular weight excluding hydrogens is 188 g/mol. The normalized spacial score (nSPS) is 15.9. The largest absolute Gasteiger partial charge is 0.396 e. The van der Waals surface area contributed by atoms with Gasteiger partial charge in [0.1, 0.15) is 0 Å². The van der Waals surface area contributed by atoms with E-state index >= 15 is 0 Å². The minimum Gasteiger partial charge on any atom is -0.396 e. The SMILES string of the molecule is OCCCCC(CO)C(CO)C(O)O. The molecule has 5 heteroatoms. The Morgan fingerprint density at radius 1 is 0.857 bits per heavy atom. The zero-order valence-corrected chi connectivity index (χ0v) is 8.21. The van der Waals surface area contributed by atoms with E-state index in [9.17, 15) is 0 Å². The number of aliphatic hydroxyl groups is 5. The van der Waals surface area contributed by atoms with Crippen molar-refractivity contribution in [2.24, 2.45) is 11.8 Å². The molecule has 0 bridgehead atoms. The van der Waals surface area contributed by atoms with Crippen molar-refractivity contribution in [3.8, 4) is 0 Å². The van der Waals surface area contributed by atoms with Gasteiger partial charge in [-0.3, -0.25) is 0 Å². The first-order chi connectivity index (χ1) is 6.67. The Kier molecular flexibility index (Phi) is 8.02. The van der Waals surface area contributed by atoms with Gasteiger partial charge in [-0.05, 0) is 18.8 Å². The van der Waals surface area contributed by atoms with Crippen LogP contribution in [0.1, 0.15) is 19.3 Å². The molecule has 5 nitrogen and oxygen atoms in total. The van der Waals surface area contributed by atoms with E-state index in [0.717, 1.165) is 0 Å². The van der Waals surface area contributed by atoms with Crippen molar-refractivity contribution >= 4 is 0 Å². The third-order valence-electron chi connectivity index (χ3n) is 2.42. The molecule has 2 atom stereocenters. The van der Waals surface area contributed by atoms with Crippen molar-refractivity contribution in [1.82, 2.24) is 0 Å². The van der Waals surface area contributed by atoms with Crippen LogP contribution >= 0.6 is 0 Å². The van der Waals surface area contributed by atoms with Crippen molar-refractivity contribution < 1.29 is 25.5 Å². The lowest BCUT2D eigenvalue weighted by molar-refractivity contribution is -0.120. The molecule has 0 aromatic heterocycles. The minimum absolute atomic E-state index is 0.0869. The molecule has 0 heterocycles. The monoisotopic (exact) mass is 208 g/mol. The summed E-state index contributed by atoms with van der Waals surface area (Å²) in [5.74, 6) is -1.04. The van der Waals surface area contributed by atoms with Gasteiger partial charge in [0, 0.05) is 19.1 Å².